The minimum atomic E-state index is -0.336. The Hall–Kier alpha value is -2.15. The number of halogens is 1. The summed E-state index contributed by atoms with van der Waals surface area (Å²) in [5, 5.41) is 3.44. The minimum absolute atomic E-state index is 0.0739. The summed E-state index contributed by atoms with van der Waals surface area (Å²) in [5.41, 5.74) is -0.226. The zero-order chi connectivity index (χ0) is 19.6. The molecular weight excluding hydrogens is 361 g/mol. The maximum absolute atomic E-state index is 13.3. The van der Waals surface area contributed by atoms with Gasteiger partial charge in [-0.2, -0.15) is 0 Å². The van der Waals surface area contributed by atoms with E-state index in [0.29, 0.717) is 37.8 Å². The van der Waals surface area contributed by atoms with Gasteiger partial charge in [0.2, 0.25) is 5.91 Å². The van der Waals surface area contributed by atoms with Crippen LogP contribution in [-0.4, -0.2) is 67.5 Å². The number of nitrogens with one attached hydrogen (secondary N) is 1. The van der Waals surface area contributed by atoms with Crippen LogP contribution in [0.2, 0.25) is 0 Å². The zero-order valence-corrected chi connectivity index (χ0v) is 16.2. The zero-order valence-electron chi connectivity index (χ0n) is 16.2. The quantitative estimate of drug-likeness (QED) is 0.851. The number of nitrogens with zero attached hydrogens (tertiary/aromatic N) is 2. The van der Waals surface area contributed by atoms with Crippen LogP contribution in [-0.2, 0) is 9.59 Å². The highest BCUT2D eigenvalue weighted by atomic mass is 19.1. The van der Waals surface area contributed by atoms with Crippen molar-refractivity contribution in [3.05, 3.63) is 30.1 Å². The number of ether oxygens (including phenoxy) is 1. The van der Waals surface area contributed by atoms with Crippen molar-refractivity contribution in [2.24, 2.45) is 11.3 Å². The first-order chi connectivity index (χ1) is 13.6. The molecule has 0 radical (unpaired) electrons. The van der Waals surface area contributed by atoms with Crippen molar-refractivity contribution in [2.45, 2.75) is 25.7 Å². The lowest BCUT2D eigenvalue weighted by Gasteiger charge is -2.43. The fraction of sp³-hybridized carbons (Fsp3) is 0.619. The molecule has 3 fully saturated rings. The van der Waals surface area contributed by atoms with Crippen molar-refractivity contribution in [3.63, 3.8) is 0 Å². The maximum Gasteiger partial charge on any atom is 0.260 e. The number of hydrogen-bond donors (Lipinski definition) is 1. The third-order valence-electron chi connectivity index (χ3n) is 6.56. The molecule has 3 aliphatic rings. The van der Waals surface area contributed by atoms with E-state index in [9.17, 15) is 14.0 Å². The molecule has 0 bridgehead atoms. The third-order valence-corrected chi connectivity index (χ3v) is 6.56. The van der Waals surface area contributed by atoms with E-state index in [0.717, 1.165) is 32.4 Å². The summed E-state index contributed by atoms with van der Waals surface area (Å²) >= 11 is 0. The van der Waals surface area contributed by atoms with Crippen LogP contribution < -0.4 is 10.1 Å². The molecule has 0 aromatic heterocycles. The molecule has 2 saturated heterocycles. The summed E-state index contributed by atoms with van der Waals surface area (Å²) in [6.07, 6.45) is 4.47. The summed E-state index contributed by atoms with van der Waals surface area (Å²) in [6, 6.07) is 5.63. The van der Waals surface area contributed by atoms with Gasteiger partial charge in [0.1, 0.15) is 11.6 Å². The third kappa shape index (κ3) is 3.72. The predicted molar refractivity (Wildman–Crippen MR) is 102 cm³/mol. The molecule has 4 rings (SSSR count). The molecule has 2 atom stereocenters. The molecule has 7 heteroatoms. The van der Waals surface area contributed by atoms with Gasteiger partial charge in [0.25, 0.3) is 5.91 Å². The summed E-state index contributed by atoms with van der Waals surface area (Å²) in [6.45, 7) is 3.89. The van der Waals surface area contributed by atoms with Crippen molar-refractivity contribution >= 4 is 11.8 Å². The Morgan fingerprint density at radius 2 is 1.82 bits per heavy atom. The number of fused-ring (bicyclic) bond motifs is 1. The van der Waals surface area contributed by atoms with Gasteiger partial charge >= 0.3 is 0 Å². The van der Waals surface area contributed by atoms with Gasteiger partial charge in [-0.15, -0.1) is 0 Å². The van der Waals surface area contributed by atoms with Crippen LogP contribution >= 0.6 is 0 Å². The van der Waals surface area contributed by atoms with E-state index in [-0.39, 0.29) is 29.7 Å². The lowest BCUT2D eigenvalue weighted by Crippen LogP contribution is -2.57. The van der Waals surface area contributed by atoms with Gasteiger partial charge in [-0.1, -0.05) is 12.8 Å². The fourth-order valence-corrected chi connectivity index (χ4v) is 4.91. The molecule has 152 valence electrons. The standard InChI is InChI=1S/C21H28FN3O3/c22-17-4-6-18(7-5-17)28-14-19(26)24-9-11-25(12-10-24)20(27)21-8-2-1-3-16(21)13-23-15-21/h4-7,16,23H,1-3,8-15H2/t16-,21+/m0/s1. The molecule has 6 nitrogen and oxygen atoms in total. The van der Waals surface area contributed by atoms with E-state index in [2.05, 4.69) is 5.32 Å². The normalized spacial score (nSPS) is 27.4. The number of carbonyl (C=O) groups is 2. The maximum atomic E-state index is 13.3. The Balaban J connectivity index is 1.28. The van der Waals surface area contributed by atoms with Crippen molar-refractivity contribution < 1.29 is 18.7 Å². The van der Waals surface area contributed by atoms with Crippen molar-refractivity contribution in [1.82, 2.24) is 15.1 Å². The molecule has 1 aliphatic carbocycles. The van der Waals surface area contributed by atoms with Crippen molar-refractivity contribution in [2.75, 3.05) is 45.9 Å². The van der Waals surface area contributed by atoms with Gasteiger partial charge in [0.05, 0.1) is 5.41 Å². The molecule has 1 saturated carbocycles. The highest BCUT2D eigenvalue weighted by Gasteiger charge is 2.51. The first kappa shape index (κ1) is 19.2. The van der Waals surface area contributed by atoms with Crippen LogP contribution in [0.15, 0.2) is 24.3 Å². The number of piperazine rings is 1. The van der Waals surface area contributed by atoms with Crippen LogP contribution in [0, 0.1) is 17.2 Å². The molecule has 1 aromatic carbocycles. The van der Waals surface area contributed by atoms with Gasteiger partial charge in [-0.3, -0.25) is 9.59 Å². The van der Waals surface area contributed by atoms with E-state index in [1.165, 1.54) is 30.7 Å². The predicted octanol–water partition coefficient (Wildman–Crippen LogP) is 1.66. The van der Waals surface area contributed by atoms with E-state index in [1.807, 2.05) is 4.90 Å². The number of hydrogen-bond acceptors (Lipinski definition) is 4. The summed E-state index contributed by atoms with van der Waals surface area (Å²) in [4.78, 5) is 29.4. The topological polar surface area (TPSA) is 61.9 Å². The molecule has 2 heterocycles. The number of rotatable bonds is 4. The Bertz CT molecular complexity index is 718. The van der Waals surface area contributed by atoms with Crippen LogP contribution in [0.25, 0.3) is 0 Å². The van der Waals surface area contributed by atoms with Gasteiger partial charge < -0.3 is 19.9 Å². The average molecular weight is 389 g/mol. The summed E-state index contributed by atoms with van der Waals surface area (Å²) in [5.74, 6) is 0.762. The molecule has 28 heavy (non-hydrogen) atoms. The van der Waals surface area contributed by atoms with E-state index in [1.54, 1.807) is 4.90 Å². The number of amides is 2. The van der Waals surface area contributed by atoms with Gasteiger partial charge in [-0.05, 0) is 49.6 Å². The molecule has 1 aromatic rings. The second kappa shape index (κ2) is 8.07. The van der Waals surface area contributed by atoms with E-state index in [4.69, 9.17) is 4.74 Å². The lowest BCUT2D eigenvalue weighted by molar-refractivity contribution is -0.150. The monoisotopic (exact) mass is 389 g/mol. The first-order valence-corrected chi connectivity index (χ1v) is 10.2. The lowest BCUT2D eigenvalue weighted by atomic mass is 9.67. The molecule has 1 N–H and O–H groups in total. The van der Waals surface area contributed by atoms with E-state index < -0.39 is 0 Å². The second-order valence-corrected chi connectivity index (χ2v) is 8.15. The summed E-state index contributed by atoms with van der Waals surface area (Å²) < 4.78 is 18.4. The largest absolute Gasteiger partial charge is 0.484 e. The minimum Gasteiger partial charge on any atom is -0.484 e. The Labute approximate surface area is 165 Å². The van der Waals surface area contributed by atoms with Crippen molar-refractivity contribution in [1.29, 1.82) is 0 Å². The van der Waals surface area contributed by atoms with Crippen LogP contribution in [0.5, 0.6) is 5.75 Å². The smallest absolute Gasteiger partial charge is 0.260 e. The SMILES string of the molecule is O=C(COc1ccc(F)cc1)N1CCN(C(=O)[C@@]23CCCC[C@H]2CNC3)CC1. The second-order valence-electron chi connectivity index (χ2n) is 8.15. The van der Waals surface area contributed by atoms with Gasteiger partial charge in [0, 0.05) is 32.7 Å². The Kier molecular flexibility index (Phi) is 5.53. The molecular formula is C21H28FN3O3. The van der Waals surface area contributed by atoms with Crippen LogP contribution in [0.3, 0.4) is 0 Å². The molecule has 0 spiro atoms. The Morgan fingerprint density at radius 3 is 2.57 bits per heavy atom. The highest BCUT2D eigenvalue weighted by molar-refractivity contribution is 5.84. The van der Waals surface area contributed by atoms with Gasteiger partial charge in [0.15, 0.2) is 6.61 Å². The number of carbonyl (C=O) groups excluding carboxylic acids is 2. The van der Waals surface area contributed by atoms with Gasteiger partial charge in [-0.25, -0.2) is 4.39 Å². The Morgan fingerprint density at radius 1 is 1.11 bits per heavy atom. The molecule has 0 unspecified atom stereocenters. The van der Waals surface area contributed by atoms with Crippen LogP contribution in [0.1, 0.15) is 25.7 Å². The molecule has 2 aliphatic heterocycles. The molecule has 2 amide bonds. The van der Waals surface area contributed by atoms with Crippen molar-refractivity contribution in [3.8, 4) is 5.75 Å². The fourth-order valence-electron chi connectivity index (χ4n) is 4.91. The van der Waals surface area contributed by atoms with Crippen LogP contribution in [0.4, 0.5) is 4.39 Å². The first-order valence-electron chi connectivity index (χ1n) is 10.2. The van der Waals surface area contributed by atoms with E-state index >= 15 is 0 Å². The highest BCUT2D eigenvalue weighted by Crippen LogP contribution is 2.45. The number of benzene rings is 1. The summed E-state index contributed by atoms with van der Waals surface area (Å²) in [7, 11) is 0. The average Bonchev–Trinajstić information content (AvgIpc) is 3.18.